The monoisotopic (exact) mass is 304 g/mol. The third-order valence-electron chi connectivity index (χ3n) is 2.45. The Labute approximate surface area is 120 Å². The number of carbonyl (C=O) groups is 2. The first kappa shape index (κ1) is 15.8. The third-order valence-corrected chi connectivity index (χ3v) is 3.27. The summed E-state index contributed by atoms with van der Waals surface area (Å²) >= 11 is 11.7. The molecule has 0 aliphatic heterocycles. The minimum Gasteiger partial charge on any atom is -0.544 e. The Balaban J connectivity index is 2.69. The van der Waals surface area contributed by atoms with Gasteiger partial charge in [-0.2, -0.15) is 0 Å². The summed E-state index contributed by atoms with van der Waals surface area (Å²) in [5.41, 5.74) is 0.354. The van der Waals surface area contributed by atoms with Crippen LogP contribution >= 0.6 is 23.2 Å². The van der Waals surface area contributed by atoms with Crippen LogP contribution in [-0.2, 0) is 9.59 Å². The van der Waals surface area contributed by atoms with Gasteiger partial charge in [-0.1, -0.05) is 29.3 Å². The van der Waals surface area contributed by atoms with E-state index in [4.69, 9.17) is 23.2 Å². The van der Waals surface area contributed by atoms with Gasteiger partial charge in [-0.25, -0.2) is 0 Å². The summed E-state index contributed by atoms with van der Waals surface area (Å²) in [6.45, 7) is 2.34. The van der Waals surface area contributed by atoms with Gasteiger partial charge in [0.1, 0.15) is 6.04 Å². The number of quaternary nitrogens is 1. The number of benzene rings is 1. The summed E-state index contributed by atoms with van der Waals surface area (Å²) in [6, 6.07) is 3.90. The maximum atomic E-state index is 11.7. The number of hydrogen-bond donors (Lipinski definition) is 2. The van der Waals surface area contributed by atoms with Crippen LogP contribution in [0.4, 0.5) is 5.69 Å². The van der Waals surface area contributed by atoms with Crippen molar-refractivity contribution in [3.05, 3.63) is 28.2 Å². The zero-order valence-corrected chi connectivity index (χ0v) is 11.8. The van der Waals surface area contributed by atoms with Crippen LogP contribution in [0.15, 0.2) is 18.2 Å². The summed E-state index contributed by atoms with van der Waals surface area (Å²) in [6.07, 6.45) is -0.195. The molecular formula is C12H14Cl2N2O3. The topological polar surface area (TPSA) is 85.8 Å². The van der Waals surface area contributed by atoms with Gasteiger partial charge in [0.15, 0.2) is 0 Å². The lowest BCUT2D eigenvalue weighted by molar-refractivity contribution is -0.679. The normalized spacial score (nSPS) is 11.9. The van der Waals surface area contributed by atoms with Gasteiger partial charge in [-0.3, -0.25) is 4.79 Å². The van der Waals surface area contributed by atoms with Gasteiger partial charge in [0.25, 0.3) is 0 Å². The van der Waals surface area contributed by atoms with E-state index in [2.05, 4.69) is 5.32 Å². The maximum Gasteiger partial charge on any atom is 0.230 e. The Morgan fingerprint density at radius 2 is 2.11 bits per heavy atom. The van der Waals surface area contributed by atoms with E-state index in [0.29, 0.717) is 17.3 Å². The highest BCUT2D eigenvalue weighted by molar-refractivity contribution is 6.43. The van der Waals surface area contributed by atoms with Gasteiger partial charge in [-0.15, -0.1) is 0 Å². The number of nitrogens with two attached hydrogens (primary N) is 1. The van der Waals surface area contributed by atoms with Crippen molar-refractivity contribution < 1.29 is 20.0 Å². The molecule has 0 spiro atoms. The van der Waals surface area contributed by atoms with Gasteiger partial charge >= 0.3 is 0 Å². The second-order valence-electron chi connectivity index (χ2n) is 3.92. The largest absolute Gasteiger partial charge is 0.544 e. The summed E-state index contributed by atoms with van der Waals surface area (Å²) in [7, 11) is 0. The van der Waals surface area contributed by atoms with Crippen molar-refractivity contribution in [1.29, 1.82) is 0 Å². The van der Waals surface area contributed by atoms with Crippen molar-refractivity contribution >= 4 is 40.8 Å². The van der Waals surface area contributed by atoms with E-state index in [1.54, 1.807) is 25.1 Å². The molecule has 1 amide bonds. The van der Waals surface area contributed by atoms with Gasteiger partial charge < -0.3 is 20.5 Å². The summed E-state index contributed by atoms with van der Waals surface area (Å²) < 4.78 is 0. The average Bonchev–Trinajstić information content (AvgIpc) is 2.34. The average molecular weight is 305 g/mol. The fraction of sp³-hybridized carbons (Fsp3) is 0.333. The van der Waals surface area contributed by atoms with Crippen LogP contribution in [0, 0.1) is 0 Å². The zero-order chi connectivity index (χ0) is 14.4. The molecule has 0 radical (unpaired) electrons. The van der Waals surface area contributed by atoms with Crippen molar-refractivity contribution in [3.63, 3.8) is 0 Å². The molecule has 0 fully saturated rings. The predicted molar refractivity (Wildman–Crippen MR) is 71.0 cm³/mol. The van der Waals surface area contributed by atoms with Crippen LogP contribution in [0.25, 0.3) is 0 Å². The summed E-state index contributed by atoms with van der Waals surface area (Å²) in [5, 5.41) is 15.4. The number of hydrogen-bond acceptors (Lipinski definition) is 3. The molecule has 104 valence electrons. The summed E-state index contributed by atoms with van der Waals surface area (Å²) in [4.78, 5) is 22.6. The highest BCUT2D eigenvalue weighted by atomic mass is 35.5. The number of carbonyl (C=O) groups excluding carboxylic acids is 2. The van der Waals surface area contributed by atoms with Crippen LogP contribution in [0.1, 0.15) is 13.3 Å². The molecule has 1 aromatic rings. The number of aliphatic carboxylic acids is 1. The van der Waals surface area contributed by atoms with E-state index in [1.165, 1.54) is 5.32 Å². The minimum absolute atomic E-state index is 0.195. The number of carboxylic acids is 1. The molecule has 7 heteroatoms. The molecule has 0 saturated carbocycles. The molecule has 0 bridgehead atoms. The number of rotatable bonds is 6. The van der Waals surface area contributed by atoms with Gasteiger partial charge in [0.05, 0.1) is 34.7 Å². The lowest BCUT2D eigenvalue weighted by Gasteiger charge is -2.15. The van der Waals surface area contributed by atoms with Crippen molar-refractivity contribution in [3.8, 4) is 0 Å². The summed E-state index contributed by atoms with van der Waals surface area (Å²) in [5.74, 6) is -1.72. The van der Waals surface area contributed by atoms with E-state index < -0.39 is 17.9 Å². The number of anilines is 1. The zero-order valence-electron chi connectivity index (χ0n) is 10.3. The second-order valence-corrected chi connectivity index (χ2v) is 4.71. The van der Waals surface area contributed by atoms with E-state index in [0.717, 1.165) is 0 Å². The van der Waals surface area contributed by atoms with Crippen molar-refractivity contribution in [1.82, 2.24) is 0 Å². The third kappa shape index (κ3) is 4.70. The first-order chi connectivity index (χ1) is 8.95. The Hall–Kier alpha value is -1.30. The van der Waals surface area contributed by atoms with E-state index in [1.807, 2.05) is 0 Å². The lowest BCUT2D eigenvalue weighted by atomic mass is 10.2. The molecule has 5 nitrogen and oxygen atoms in total. The highest BCUT2D eigenvalue weighted by Gasteiger charge is 2.18. The van der Waals surface area contributed by atoms with E-state index >= 15 is 0 Å². The molecule has 3 N–H and O–H groups in total. The quantitative estimate of drug-likeness (QED) is 0.777. The number of carboxylic acid groups (broad SMARTS) is 1. The molecule has 1 aromatic carbocycles. The Kier molecular flexibility index (Phi) is 6.08. The van der Waals surface area contributed by atoms with Gasteiger partial charge in [0.2, 0.25) is 5.91 Å². The first-order valence-corrected chi connectivity index (χ1v) is 6.49. The van der Waals surface area contributed by atoms with Crippen LogP contribution < -0.4 is 15.7 Å². The smallest absolute Gasteiger partial charge is 0.230 e. The number of nitrogens with one attached hydrogen (secondary N) is 1. The SMILES string of the molecule is CC[NH2+][C@H](CC(=O)Nc1cccc(Cl)c1Cl)C(=O)[O-]. The molecule has 1 atom stereocenters. The van der Waals surface area contributed by atoms with Crippen LogP contribution in [-0.4, -0.2) is 24.5 Å². The molecule has 19 heavy (non-hydrogen) atoms. The molecule has 0 saturated heterocycles. The van der Waals surface area contributed by atoms with Crippen molar-refractivity contribution in [2.45, 2.75) is 19.4 Å². The number of amides is 1. The van der Waals surface area contributed by atoms with Crippen molar-refractivity contribution in [2.75, 3.05) is 11.9 Å². The van der Waals surface area contributed by atoms with Crippen LogP contribution in [0.2, 0.25) is 10.0 Å². The minimum atomic E-state index is -1.27. The molecule has 0 aliphatic carbocycles. The maximum absolute atomic E-state index is 11.7. The van der Waals surface area contributed by atoms with Gasteiger partial charge in [0, 0.05) is 0 Å². The van der Waals surface area contributed by atoms with Crippen LogP contribution in [0.5, 0.6) is 0 Å². The Bertz CT molecular complexity index is 480. The molecule has 0 aromatic heterocycles. The molecular weight excluding hydrogens is 291 g/mol. The molecule has 0 unspecified atom stereocenters. The fourth-order valence-corrected chi connectivity index (χ4v) is 1.90. The fourth-order valence-electron chi connectivity index (χ4n) is 1.55. The number of halogens is 2. The van der Waals surface area contributed by atoms with Crippen LogP contribution in [0.3, 0.4) is 0 Å². The lowest BCUT2D eigenvalue weighted by Crippen LogP contribution is -2.93. The predicted octanol–water partition coefficient (Wildman–Crippen LogP) is 0.0238. The highest BCUT2D eigenvalue weighted by Crippen LogP contribution is 2.29. The Morgan fingerprint density at radius 1 is 1.42 bits per heavy atom. The molecule has 1 rings (SSSR count). The first-order valence-electron chi connectivity index (χ1n) is 5.73. The second kappa shape index (κ2) is 7.33. The molecule has 0 heterocycles. The van der Waals surface area contributed by atoms with E-state index in [9.17, 15) is 14.7 Å². The number of likely N-dealkylation sites (N-methyl/N-ethyl adjacent to an activating group) is 1. The standard InChI is InChI=1S/C12H14Cl2N2O3/c1-2-15-9(12(18)19)6-10(17)16-8-5-3-4-7(13)11(8)14/h3-5,9,15H,2,6H2,1H3,(H,16,17)(H,18,19)/t9-/m1/s1. The van der Waals surface area contributed by atoms with Gasteiger partial charge in [-0.05, 0) is 19.1 Å². The molecule has 0 aliphatic rings. The van der Waals surface area contributed by atoms with Crippen molar-refractivity contribution in [2.24, 2.45) is 0 Å². The van der Waals surface area contributed by atoms with E-state index in [-0.39, 0.29) is 11.4 Å². The Morgan fingerprint density at radius 3 is 2.68 bits per heavy atom.